The topological polar surface area (TPSA) is 81.9 Å². The Morgan fingerprint density at radius 2 is 2.03 bits per heavy atom. The Kier molecular flexibility index (Phi) is 8.46. The van der Waals surface area contributed by atoms with Crippen LogP contribution in [0.15, 0.2) is 65.7 Å². The van der Waals surface area contributed by atoms with Gasteiger partial charge in [-0.05, 0) is 35.9 Å². The van der Waals surface area contributed by atoms with Gasteiger partial charge in [0.1, 0.15) is 11.6 Å². The minimum Gasteiger partial charge on any atom is -0.497 e. The highest BCUT2D eigenvalue weighted by molar-refractivity contribution is 7.99. The quantitative estimate of drug-likeness (QED) is 0.188. The van der Waals surface area contributed by atoms with Gasteiger partial charge in [-0.25, -0.2) is 4.98 Å². The maximum atomic E-state index is 12.6. The predicted octanol–water partition coefficient (Wildman–Crippen LogP) is 6.22. The molecule has 11 heteroatoms. The molecule has 1 N–H and O–H groups in total. The maximum Gasteiger partial charge on any atom is 0.236 e. The van der Waals surface area contributed by atoms with Crippen LogP contribution in [-0.4, -0.2) is 38.5 Å². The van der Waals surface area contributed by atoms with Crippen molar-refractivity contribution in [1.82, 2.24) is 19.7 Å². The summed E-state index contributed by atoms with van der Waals surface area (Å²) in [6, 6.07) is 13.0. The molecule has 2 aromatic heterocycles. The van der Waals surface area contributed by atoms with Crippen molar-refractivity contribution in [3.05, 3.63) is 81.9 Å². The zero-order chi connectivity index (χ0) is 24.8. The highest BCUT2D eigenvalue weighted by Gasteiger charge is 2.16. The van der Waals surface area contributed by atoms with Gasteiger partial charge in [-0.3, -0.25) is 4.79 Å². The van der Waals surface area contributed by atoms with Gasteiger partial charge < -0.3 is 14.6 Å². The van der Waals surface area contributed by atoms with Crippen LogP contribution in [0.3, 0.4) is 0 Å². The van der Waals surface area contributed by atoms with Crippen molar-refractivity contribution in [2.45, 2.75) is 18.1 Å². The van der Waals surface area contributed by atoms with Crippen molar-refractivity contribution in [2.24, 2.45) is 0 Å². The molecule has 0 aliphatic carbocycles. The first kappa shape index (κ1) is 25.2. The summed E-state index contributed by atoms with van der Waals surface area (Å²) in [5, 5.41) is 15.5. The first-order valence-electron chi connectivity index (χ1n) is 10.5. The summed E-state index contributed by atoms with van der Waals surface area (Å²) in [6.07, 6.45) is 2.39. The first-order chi connectivity index (χ1) is 17.0. The average Bonchev–Trinajstić information content (AvgIpc) is 3.45. The number of methoxy groups -OCH3 is 1. The fourth-order valence-corrected chi connectivity index (χ4v) is 5.23. The molecular weight excluding hydrogens is 525 g/mol. The number of nitrogens with one attached hydrogen (secondary N) is 1. The van der Waals surface area contributed by atoms with E-state index in [0.717, 1.165) is 22.7 Å². The molecule has 0 saturated carbocycles. The molecule has 0 fully saturated rings. The summed E-state index contributed by atoms with van der Waals surface area (Å²) in [5.41, 5.74) is 2.51. The Balaban J connectivity index is 1.38. The summed E-state index contributed by atoms with van der Waals surface area (Å²) in [7, 11) is 1.64. The van der Waals surface area contributed by atoms with E-state index in [1.165, 1.54) is 23.1 Å². The number of hydrogen-bond acceptors (Lipinski definition) is 7. The lowest BCUT2D eigenvalue weighted by atomic mass is 10.1. The van der Waals surface area contributed by atoms with Gasteiger partial charge in [0.25, 0.3) is 0 Å². The van der Waals surface area contributed by atoms with E-state index in [-0.39, 0.29) is 11.7 Å². The predicted molar refractivity (Wildman–Crippen MR) is 143 cm³/mol. The number of thioether (sulfide) groups is 1. The smallest absolute Gasteiger partial charge is 0.236 e. The van der Waals surface area contributed by atoms with Crippen LogP contribution < -0.4 is 10.1 Å². The Morgan fingerprint density at radius 1 is 1.23 bits per heavy atom. The fourth-order valence-electron chi connectivity index (χ4n) is 3.23. The lowest BCUT2D eigenvalue weighted by Crippen LogP contribution is -2.14. The number of benzene rings is 2. The monoisotopic (exact) mass is 545 g/mol. The molecule has 4 rings (SSSR count). The molecule has 0 saturated heterocycles. The number of ether oxygens (including phenoxy) is 1. The first-order valence-corrected chi connectivity index (χ1v) is 13.1. The van der Waals surface area contributed by atoms with Crippen LogP contribution >= 0.6 is 46.3 Å². The Hall–Kier alpha value is -2.85. The van der Waals surface area contributed by atoms with Gasteiger partial charge in [0.2, 0.25) is 5.91 Å². The molecular formula is C24H21Cl2N5O2S2. The van der Waals surface area contributed by atoms with Crippen LogP contribution in [0.25, 0.3) is 11.3 Å². The molecule has 0 aliphatic heterocycles. The van der Waals surface area contributed by atoms with Crippen molar-refractivity contribution in [3.8, 4) is 17.0 Å². The third-order valence-electron chi connectivity index (χ3n) is 4.92. The van der Waals surface area contributed by atoms with Gasteiger partial charge in [-0.1, -0.05) is 53.2 Å². The van der Waals surface area contributed by atoms with Crippen molar-refractivity contribution >= 4 is 57.3 Å². The number of carbonyl (C=O) groups is 1. The highest BCUT2D eigenvalue weighted by Crippen LogP contribution is 2.32. The number of carbonyl (C=O) groups excluding carboxylic acids is 1. The van der Waals surface area contributed by atoms with Crippen LogP contribution in [0.2, 0.25) is 10.0 Å². The van der Waals surface area contributed by atoms with E-state index in [0.29, 0.717) is 39.0 Å². The summed E-state index contributed by atoms with van der Waals surface area (Å²) in [4.78, 5) is 17.0. The molecule has 2 heterocycles. The third kappa shape index (κ3) is 6.43. The number of halogens is 2. The molecule has 0 atom stereocenters. The number of amides is 1. The number of aromatic nitrogens is 4. The molecule has 0 aliphatic rings. The SMILES string of the molecule is C=CCn1c(Cc2ccc(OC)cc2)nnc1SCC(=O)Nc1nc(-c2ccc(Cl)cc2Cl)cs1. The number of hydrogen-bond donors (Lipinski definition) is 1. The Bertz CT molecular complexity index is 1340. The second-order valence-corrected chi connectivity index (χ2v) is 9.97. The Labute approximate surface area is 221 Å². The average molecular weight is 547 g/mol. The lowest BCUT2D eigenvalue weighted by Gasteiger charge is -2.08. The number of nitrogens with zero attached hydrogens (tertiary/aromatic N) is 4. The number of rotatable bonds is 10. The van der Waals surface area contributed by atoms with Gasteiger partial charge in [0.05, 0.1) is 23.6 Å². The van der Waals surface area contributed by atoms with E-state index in [1.54, 1.807) is 31.4 Å². The minimum atomic E-state index is -0.192. The third-order valence-corrected chi connectivity index (χ3v) is 7.19. The van der Waals surface area contributed by atoms with Gasteiger partial charge in [0.15, 0.2) is 10.3 Å². The van der Waals surface area contributed by atoms with E-state index in [2.05, 4.69) is 27.1 Å². The molecule has 0 unspecified atom stereocenters. The van der Waals surface area contributed by atoms with E-state index in [9.17, 15) is 4.79 Å². The Morgan fingerprint density at radius 3 is 2.74 bits per heavy atom. The molecule has 0 bridgehead atoms. The zero-order valence-corrected chi connectivity index (χ0v) is 21.8. The molecule has 0 spiro atoms. The van der Waals surface area contributed by atoms with E-state index < -0.39 is 0 Å². The lowest BCUT2D eigenvalue weighted by molar-refractivity contribution is -0.113. The van der Waals surface area contributed by atoms with Gasteiger partial charge in [-0.2, -0.15) is 0 Å². The molecule has 7 nitrogen and oxygen atoms in total. The molecule has 2 aromatic carbocycles. The largest absolute Gasteiger partial charge is 0.497 e. The standard InChI is InChI=1S/C24H21Cl2N5O2S2/c1-3-10-31-21(11-15-4-7-17(33-2)8-5-15)29-30-24(31)35-14-22(32)28-23-27-20(13-34-23)18-9-6-16(25)12-19(18)26/h3-9,12-13H,1,10-11,14H2,2H3,(H,27,28,32). The molecule has 0 radical (unpaired) electrons. The molecule has 1 amide bonds. The van der Waals surface area contributed by atoms with Crippen molar-refractivity contribution in [1.29, 1.82) is 0 Å². The van der Waals surface area contributed by atoms with Crippen LogP contribution in [0, 0.1) is 0 Å². The van der Waals surface area contributed by atoms with Gasteiger partial charge >= 0.3 is 0 Å². The zero-order valence-electron chi connectivity index (χ0n) is 18.7. The number of allylic oxidation sites excluding steroid dienone is 1. The highest BCUT2D eigenvalue weighted by atomic mass is 35.5. The second kappa shape index (κ2) is 11.7. The van der Waals surface area contributed by atoms with Crippen LogP contribution in [0.1, 0.15) is 11.4 Å². The maximum absolute atomic E-state index is 12.6. The minimum absolute atomic E-state index is 0.161. The van der Waals surface area contributed by atoms with Crippen LogP contribution in [0.4, 0.5) is 5.13 Å². The molecule has 35 heavy (non-hydrogen) atoms. The number of anilines is 1. The van der Waals surface area contributed by atoms with Crippen LogP contribution in [-0.2, 0) is 17.8 Å². The van der Waals surface area contributed by atoms with Gasteiger partial charge in [0, 0.05) is 28.9 Å². The molecule has 4 aromatic rings. The summed E-state index contributed by atoms with van der Waals surface area (Å²) in [5.74, 6) is 1.56. The van der Waals surface area contributed by atoms with Crippen molar-refractivity contribution in [3.63, 3.8) is 0 Å². The normalized spacial score (nSPS) is 10.8. The van der Waals surface area contributed by atoms with E-state index in [1.807, 2.05) is 34.2 Å². The van der Waals surface area contributed by atoms with Crippen molar-refractivity contribution < 1.29 is 9.53 Å². The van der Waals surface area contributed by atoms with E-state index >= 15 is 0 Å². The van der Waals surface area contributed by atoms with Gasteiger partial charge in [-0.15, -0.1) is 28.1 Å². The number of thiazole rings is 1. The summed E-state index contributed by atoms with van der Waals surface area (Å²) in [6.45, 7) is 4.37. The second-order valence-electron chi connectivity index (χ2n) is 7.32. The van der Waals surface area contributed by atoms with Crippen molar-refractivity contribution in [2.75, 3.05) is 18.2 Å². The fraction of sp³-hybridized carbons (Fsp3) is 0.167. The summed E-state index contributed by atoms with van der Waals surface area (Å²) < 4.78 is 7.17. The molecule has 180 valence electrons. The van der Waals surface area contributed by atoms with E-state index in [4.69, 9.17) is 27.9 Å². The summed E-state index contributed by atoms with van der Waals surface area (Å²) >= 11 is 14.9. The van der Waals surface area contributed by atoms with Crippen LogP contribution in [0.5, 0.6) is 5.75 Å².